The van der Waals surface area contributed by atoms with Crippen molar-refractivity contribution in [3.05, 3.63) is 59.7 Å². The molecule has 0 aliphatic carbocycles. The molecule has 28 heavy (non-hydrogen) atoms. The third-order valence-electron chi connectivity index (χ3n) is 4.00. The van der Waals surface area contributed by atoms with E-state index in [2.05, 4.69) is 4.72 Å². The number of nitriles is 1. The molecule has 0 unspecified atom stereocenters. The Hall–Kier alpha value is -2.89. The Balaban J connectivity index is 1.90. The molecule has 0 radical (unpaired) electrons. The first kappa shape index (κ1) is 21.4. The normalized spacial score (nSPS) is 10.9. The van der Waals surface area contributed by atoms with E-state index in [-0.39, 0.29) is 23.8 Å². The number of nitrogens with zero attached hydrogens (tertiary/aromatic N) is 2. The Kier molecular flexibility index (Phi) is 7.55. The maximum atomic E-state index is 12.5. The predicted octanol–water partition coefficient (Wildman–Crippen LogP) is 2.34. The highest BCUT2D eigenvalue weighted by molar-refractivity contribution is 7.89. The van der Waals surface area contributed by atoms with Crippen LogP contribution >= 0.6 is 0 Å². The molecule has 0 aromatic heterocycles. The lowest BCUT2D eigenvalue weighted by molar-refractivity contribution is 0.0773. The highest BCUT2D eigenvalue weighted by Crippen LogP contribution is 2.13. The van der Waals surface area contributed by atoms with Gasteiger partial charge in [0.2, 0.25) is 10.0 Å². The standard InChI is InChI=1S/C20H23N3O4S/c1-16-4-8-18(9-5-16)27-15-14-23(2)20(24)17-6-10-19(11-7-17)28(25,26)22-13-3-12-21/h4-11,22H,3,13-15H2,1-2H3. The average molecular weight is 401 g/mol. The van der Waals surface area contributed by atoms with E-state index in [0.717, 1.165) is 11.3 Å². The summed E-state index contributed by atoms with van der Waals surface area (Å²) in [4.78, 5) is 14.0. The fourth-order valence-electron chi connectivity index (χ4n) is 2.36. The van der Waals surface area contributed by atoms with Crippen molar-refractivity contribution in [2.75, 3.05) is 26.7 Å². The van der Waals surface area contributed by atoms with Crippen LogP contribution in [0.1, 0.15) is 22.3 Å². The molecule has 2 aromatic carbocycles. The van der Waals surface area contributed by atoms with Crippen molar-refractivity contribution in [1.29, 1.82) is 5.26 Å². The van der Waals surface area contributed by atoms with Crippen LogP contribution in [-0.4, -0.2) is 46.0 Å². The SMILES string of the molecule is Cc1ccc(OCCN(C)C(=O)c2ccc(S(=O)(=O)NCCC#N)cc2)cc1. The fraction of sp³-hybridized carbons (Fsp3) is 0.300. The summed E-state index contributed by atoms with van der Waals surface area (Å²) in [6.07, 6.45) is 0.0885. The minimum Gasteiger partial charge on any atom is -0.492 e. The molecular formula is C20H23N3O4S. The molecule has 0 atom stereocenters. The number of aryl methyl sites for hydroxylation is 1. The van der Waals surface area contributed by atoms with E-state index >= 15 is 0 Å². The number of carbonyl (C=O) groups excluding carboxylic acids is 1. The first-order chi connectivity index (χ1) is 13.3. The van der Waals surface area contributed by atoms with E-state index in [1.54, 1.807) is 7.05 Å². The Morgan fingerprint density at radius 3 is 2.39 bits per heavy atom. The fourth-order valence-corrected chi connectivity index (χ4v) is 3.39. The van der Waals surface area contributed by atoms with Crippen molar-refractivity contribution in [2.45, 2.75) is 18.2 Å². The van der Waals surface area contributed by atoms with E-state index in [4.69, 9.17) is 10.00 Å². The first-order valence-electron chi connectivity index (χ1n) is 8.75. The predicted molar refractivity (Wildman–Crippen MR) is 105 cm³/mol. The van der Waals surface area contributed by atoms with E-state index in [1.165, 1.54) is 29.2 Å². The molecule has 1 amide bonds. The molecule has 1 N–H and O–H groups in total. The molecule has 2 aromatic rings. The van der Waals surface area contributed by atoms with Gasteiger partial charge in [-0.25, -0.2) is 13.1 Å². The van der Waals surface area contributed by atoms with E-state index in [0.29, 0.717) is 18.7 Å². The topological polar surface area (TPSA) is 99.5 Å². The lowest BCUT2D eigenvalue weighted by Crippen LogP contribution is -2.31. The Labute approximate surface area is 165 Å². The van der Waals surface area contributed by atoms with Crippen molar-refractivity contribution in [3.8, 4) is 11.8 Å². The molecule has 7 nitrogen and oxygen atoms in total. The largest absolute Gasteiger partial charge is 0.492 e. The van der Waals surface area contributed by atoms with E-state index < -0.39 is 10.0 Å². The number of rotatable bonds is 9. The third kappa shape index (κ3) is 6.08. The molecule has 0 aliphatic heterocycles. The van der Waals surface area contributed by atoms with Crippen LogP contribution in [0.4, 0.5) is 0 Å². The van der Waals surface area contributed by atoms with Gasteiger partial charge in [0.05, 0.1) is 17.5 Å². The number of nitrogens with one attached hydrogen (secondary N) is 1. The summed E-state index contributed by atoms with van der Waals surface area (Å²) < 4.78 is 32.1. The number of hydrogen-bond donors (Lipinski definition) is 1. The van der Waals surface area contributed by atoms with Gasteiger partial charge in [0.1, 0.15) is 12.4 Å². The summed E-state index contributed by atoms with van der Waals surface area (Å²) in [7, 11) is -2.03. The summed E-state index contributed by atoms with van der Waals surface area (Å²) in [6.45, 7) is 2.78. The van der Waals surface area contributed by atoms with Crippen LogP contribution in [0.2, 0.25) is 0 Å². The van der Waals surface area contributed by atoms with Gasteiger partial charge in [-0.05, 0) is 43.3 Å². The summed E-state index contributed by atoms with van der Waals surface area (Å²) in [5.41, 5.74) is 1.53. The first-order valence-corrected chi connectivity index (χ1v) is 10.2. The third-order valence-corrected chi connectivity index (χ3v) is 5.48. The molecule has 0 saturated carbocycles. The van der Waals surface area contributed by atoms with Gasteiger partial charge in [-0.2, -0.15) is 5.26 Å². The molecule has 2 rings (SSSR count). The van der Waals surface area contributed by atoms with Gasteiger partial charge >= 0.3 is 0 Å². The minimum absolute atomic E-state index is 0.0449. The molecule has 0 aliphatic rings. The van der Waals surface area contributed by atoms with Gasteiger partial charge in [-0.15, -0.1) is 0 Å². The zero-order valence-corrected chi connectivity index (χ0v) is 16.7. The molecule has 0 bridgehead atoms. The van der Waals surface area contributed by atoms with Crippen molar-refractivity contribution in [2.24, 2.45) is 0 Å². The summed E-state index contributed by atoms with van der Waals surface area (Å²) in [6, 6.07) is 15.2. The quantitative estimate of drug-likeness (QED) is 0.650. The highest BCUT2D eigenvalue weighted by atomic mass is 32.2. The Morgan fingerprint density at radius 2 is 1.79 bits per heavy atom. The Morgan fingerprint density at radius 1 is 1.14 bits per heavy atom. The molecule has 0 saturated heterocycles. The second kappa shape index (κ2) is 9.88. The van der Waals surface area contributed by atoms with Gasteiger partial charge in [0.15, 0.2) is 0 Å². The molecule has 8 heteroatoms. The lowest BCUT2D eigenvalue weighted by atomic mass is 10.2. The maximum Gasteiger partial charge on any atom is 0.253 e. The van der Waals surface area contributed by atoms with Crippen LogP contribution in [0.25, 0.3) is 0 Å². The maximum absolute atomic E-state index is 12.5. The Bertz CT molecular complexity index is 933. The summed E-state index contributed by atoms with van der Waals surface area (Å²) in [5.74, 6) is 0.513. The summed E-state index contributed by atoms with van der Waals surface area (Å²) >= 11 is 0. The molecule has 0 heterocycles. The van der Waals surface area contributed by atoms with E-state index in [1.807, 2.05) is 37.3 Å². The van der Waals surface area contributed by atoms with Crippen molar-refractivity contribution in [3.63, 3.8) is 0 Å². The van der Waals surface area contributed by atoms with Gasteiger partial charge in [-0.1, -0.05) is 17.7 Å². The van der Waals surface area contributed by atoms with Crippen molar-refractivity contribution >= 4 is 15.9 Å². The van der Waals surface area contributed by atoms with Crippen LogP contribution in [0.5, 0.6) is 5.75 Å². The number of benzene rings is 2. The monoisotopic (exact) mass is 401 g/mol. The zero-order valence-electron chi connectivity index (χ0n) is 15.9. The smallest absolute Gasteiger partial charge is 0.253 e. The number of carbonyl (C=O) groups is 1. The van der Waals surface area contributed by atoms with Crippen LogP contribution < -0.4 is 9.46 Å². The number of sulfonamides is 1. The molecule has 148 valence electrons. The van der Waals surface area contributed by atoms with Gasteiger partial charge in [0, 0.05) is 25.6 Å². The van der Waals surface area contributed by atoms with Crippen molar-refractivity contribution in [1.82, 2.24) is 9.62 Å². The average Bonchev–Trinajstić information content (AvgIpc) is 2.69. The van der Waals surface area contributed by atoms with Crippen LogP contribution in [0, 0.1) is 18.3 Å². The van der Waals surface area contributed by atoms with Crippen LogP contribution in [0.15, 0.2) is 53.4 Å². The molecule has 0 spiro atoms. The summed E-state index contributed by atoms with van der Waals surface area (Å²) in [5, 5.41) is 8.48. The molecule has 0 fully saturated rings. The second-order valence-corrected chi connectivity index (χ2v) is 7.99. The molecular weight excluding hydrogens is 378 g/mol. The minimum atomic E-state index is -3.69. The van der Waals surface area contributed by atoms with E-state index in [9.17, 15) is 13.2 Å². The van der Waals surface area contributed by atoms with Crippen molar-refractivity contribution < 1.29 is 17.9 Å². The number of hydrogen-bond acceptors (Lipinski definition) is 5. The van der Waals surface area contributed by atoms with Crippen LogP contribution in [0.3, 0.4) is 0 Å². The van der Waals surface area contributed by atoms with Gasteiger partial charge in [0.25, 0.3) is 5.91 Å². The second-order valence-electron chi connectivity index (χ2n) is 6.22. The lowest BCUT2D eigenvalue weighted by Gasteiger charge is -2.18. The number of amides is 1. The highest BCUT2D eigenvalue weighted by Gasteiger charge is 2.16. The van der Waals surface area contributed by atoms with Gasteiger partial charge in [-0.3, -0.25) is 4.79 Å². The number of ether oxygens (including phenoxy) is 1. The zero-order chi connectivity index (χ0) is 20.6. The number of likely N-dealkylation sites (N-methyl/N-ethyl adjacent to an activating group) is 1. The van der Waals surface area contributed by atoms with Gasteiger partial charge < -0.3 is 9.64 Å². The van der Waals surface area contributed by atoms with Crippen LogP contribution in [-0.2, 0) is 10.0 Å².